The van der Waals surface area contributed by atoms with E-state index in [-0.39, 0.29) is 11.8 Å². The Hall–Kier alpha value is -2.96. The molecule has 2 aliphatic heterocycles. The van der Waals surface area contributed by atoms with E-state index in [1.807, 2.05) is 0 Å². The molecule has 0 radical (unpaired) electrons. The summed E-state index contributed by atoms with van der Waals surface area (Å²) < 4.78 is 9.71. The van der Waals surface area contributed by atoms with Gasteiger partial charge >= 0.3 is 0 Å². The maximum absolute atomic E-state index is 11.2. The van der Waals surface area contributed by atoms with Crippen molar-refractivity contribution in [2.24, 2.45) is 4.99 Å². The highest BCUT2D eigenvalue weighted by atomic mass is 16.5. The number of ether oxygens (including phenoxy) is 2. The highest BCUT2D eigenvalue weighted by Crippen LogP contribution is 2.14. The zero-order chi connectivity index (χ0) is 13.3. The Balaban J connectivity index is 0.000000163. The van der Waals surface area contributed by atoms with E-state index >= 15 is 0 Å². The molecule has 1 N–H and O–H groups in total. The zero-order valence-corrected chi connectivity index (χ0v) is 9.76. The summed E-state index contributed by atoms with van der Waals surface area (Å²) in [5.74, 6) is 0.00981. The van der Waals surface area contributed by atoms with Gasteiger partial charge in [0.15, 0.2) is 0 Å². The smallest absolute Gasteiger partial charge is 0.262 e. The fraction of sp³-hybridized carbons (Fsp3) is 0. The summed E-state index contributed by atoms with van der Waals surface area (Å²) in [6.45, 7) is 0. The van der Waals surface area contributed by atoms with Gasteiger partial charge in [-0.2, -0.15) is 0 Å². The minimum Gasteiger partial charge on any atom is -0.471 e. The average Bonchev–Trinajstić information content (AvgIpc) is 2.84. The molecule has 1 aromatic rings. The molecule has 0 bridgehead atoms. The SMILES string of the molecule is C1=COC=CN=C1.O=C1NC=COc2ncncc21. The summed E-state index contributed by atoms with van der Waals surface area (Å²) in [6, 6.07) is 0. The van der Waals surface area contributed by atoms with Crippen LogP contribution in [-0.4, -0.2) is 22.1 Å². The molecule has 1 amide bonds. The molecule has 0 spiro atoms. The van der Waals surface area contributed by atoms with Gasteiger partial charge in [-0.3, -0.25) is 9.79 Å². The number of aliphatic imine (C=N–C) groups is 1. The summed E-state index contributed by atoms with van der Waals surface area (Å²) in [5.41, 5.74) is 0.336. The molecular formula is C12H10N4O3. The molecule has 0 saturated carbocycles. The van der Waals surface area contributed by atoms with Crippen molar-refractivity contribution < 1.29 is 14.3 Å². The summed E-state index contributed by atoms with van der Waals surface area (Å²) in [4.78, 5) is 22.4. The van der Waals surface area contributed by atoms with Crippen LogP contribution in [0.1, 0.15) is 10.4 Å². The molecule has 1 aromatic heterocycles. The van der Waals surface area contributed by atoms with Gasteiger partial charge in [0, 0.05) is 18.6 Å². The van der Waals surface area contributed by atoms with E-state index in [9.17, 15) is 4.79 Å². The number of aromatic nitrogens is 2. The monoisotopic (exact) mass is 258 g/mol. The van der Waals surface area contributed by atoms with Crippen LogP contribution in [0.5, 0.6) is 5.88 Å². The van der Waals surface area contributed by atoms with Gasteiger partial charge in [0.25, 0.3) is 5.91 Å². The molecule has 0 saturated heterocycles. The topological polar surface area (TPSA) is 85.7 Å². The maximum Gasteiger partial charge on any atom is 0.262 e. The third-order valence-corrected chi connectivity index (χ3v) is 1.94. The minimum atomic E-state index is -0.264. The lowest BCUT2D eigenvalue weighted by Gasteiger charge is -1.99. The molecule has 0 aliphatic carbocycles. The summed E-state index contributed by atoms with van der Waals surface area (Å²) in [7, 11) is 0. The van der Waals surface area contributed by atoms with E-state index in [4.69, 9.17) is 9.47 Å². The second kappa shape index (κ2) is 6.70. The lowest BCUT2D eigenvalue weighted by atomic mass is 10.3. The fourth-order valence-corrected chi connectivity index (χ4v) is 1.15. The Morgan fingerprint density at radius 3 is 3.11 bits per heavy atom. The highest BCUT2D eigenvalue weighted by molar-refractivity contribution is 5.96. The minimum absolute atomic E-state index is 0.264. The van der Waals surface area contributed by atoms with Crippen LogP contribution in [0.3, 0.4) is 0 Å². The Kier molecular flexibility index (Phi) is 4.40. The van der Waals surface area contributed by atoms with Crippen LogP contribution in [0.15, 0.2) is 54.8 Å². The van der Waals surface area contributed by atoms with Crippen LogP contribution in [-0.2, 0) is 4.74 Å². The molecule has 7 heteroatoms. The largest absolute Gasteiger partial charge is 0.471 e. The Morgan fingerprint density at radius 1 is 1.21 bits per heavy atom. The number of carbonyl (C=O) groups excluding carboxylic acids is 1. The van der Waals surface area contributed by atoms with Crippen molar-refractivity contribution in [2.45, 2.75) is 0 Å². The molecule has 0 atom stereocenters. The van der Waals surface area contributed by atoms with Crippen molar-refractivity contribution in [3.63, 3.8) is 0 Å². The fourth-order valence-electron chi connectivity index (χ4n) is 1.15. The zero-order valence-electron chi connectivity index (χ0n) is 9.76. The second-order valence-electron chi connectivity index (χ2n) is 3.18. The number of amides is 1. The highest BCUT2D eigenvalue weighted by Gasteiger charge is 2.14. The average molecular weight is 258 g/mol. The number of hydrogen-bond acceptors (Lipinski definition) is 6. The lowest BCUT2D eigenvalue weighted by Crippen LogP contribution is -2.16. The molecule has 0 fully saturated rings. The van der Waals surface area contributed by atoms with Crippen molar-refractivity contribution in [2.75, 3.05) is 0 Å². The summed E-state index contributed by atoms with van der Waals surface area (Å²) >= 11 is 0. The van der Waals surface area contributed by atoms with Crippen molar-refractivity contribution in [1.82, 2.24) is 15.3 Å². The summed E-state index contributed by atoms with van der Waals surface area (Å²) in [5, 5.41) is 2.48. The van der Waals surface area contributed by atoms with Gasteiger partial charge in [-0.1, -0.05) is 0 Å². The quantitative estimate of drug-likeness (QED) is 0.754. The van der Waals surface area contributed by atoms with Gasteiger partial charge in [0.2, 0.25) is 5.88 Å². The normalized spacial score (nSPS) is 14.8. The molecule has 7 nitrogen and oxygen atoms in total. The molecule has 0 aromatic carbocycles. The predicted octanol–water partition coefficient (Wildman–Crippen LogP) is 1.14. The van der Waals surface area contributed by atoms with Crippen molar-refractivity contribution in [3.05, 3.63) is 55.3 Å². The van der Waals surface area contributed by atoms with Gasteiger partial charge in [0.1, 0.15) is 24.4 Å². The number of rotatable bonds is 0. The van der Waals surface area contributed by atoms with E-state index in [1.54, 1.807) is 24.8 Å². The van der Waals surface area contributed by atoms with Crippen molar-refractivity contribution in [1.29, 1.82) is 0 Å². The third kappa shape index (κ3) is 3.77. The van der Waals surface area contributed by atoms with Gasteiger partial charge in [-0.25, -0.2) is 9.97 Å². The number of carbonyl (C=O) groups is 1. The number of fused-ring (bicyclic) bond motifs is 1. The molecule has 3 rings (SSSR count). The third-order valence-electron chi connectivity index (χ3n) is 1.94. The van der Waals surface area contributed by atoms with E-state index in [0.717, 1.165) is 0 Å². The molecule has 19 heavy (non-hydrogen) atoms. The van der Waals surface area contributed by atoms with E-state index < -0.39 is 0 Å². The Bertz CT molecular complexity index is 550. The van der Waals surface area contributed by atoms with Crippen LogP contribution >= 0.6 is 0 Å². The number of nitrogens with one attached hydrogen (secondary N) is 1. The molecule has 2 aliphatic rings. The van der Waals surface area contributed by atoms with Crippen molar-refractivity contribution in [3.8, 4) is 5.88 Å². The van der Waals surface area contributed by atoms with E-state index in [1.165, 1.54) is 31.2 Å². The standard InChI is InChI=1S/C7H5N3O2.C5H5NO/c11-6-5-3-8-4-10-7(5)12-2-1-9-6;1-2-6-3-5-7-4-1/h1-4H,(H,9,11);1-5H. The van der Waals surface area contributed by atoms with Crippen molar-refractivity contribution >= 4 is 12.1 Å². The number of nitrogens with zero attached hydrogens (tertiary/aromatic N) is 3. The first kappa shape index (κ1) is 12.5. The molecule has 0 unspecified atom stereocenters. The first-order chi connectivity index (χ1) is 9.38. The van der Waals surface area contributed by atoms with E-state index in [2.05, 4.69) is 20.3 Å². The van der Waals surface area contributed by atoms with E-state index in [0.29, 0.717) is 5.56 Å². The Morgan fingerprint density at radius 2 is 2.16 bits per heavy atom. The molecular weight excluding hydrogens is 248 g/mol. The first-order valence-corrected chi connectivity index (χ1v) is 5.29. The van der Waals surface area contributed by atoms with Gasteiger partial charge < -0.3 is 14.8 Å². The molecule has 3 heterocycles. The lowest BCUT2D eigenvalue weighted by molar-refractivity contribution is 0.0969. The van der Waals surface area contributed by atoms with Crippen LogP contribution in [0.25, 0.3) is 0 Å². The van der Waals surface area contributed by atoms with Crippen LogP contribution < -0.4 is 10.1 Å². The molecule has 96 valence electrons. The predicted molar refractivity (Wildman–Crippen MR) is 67.1 cm³/mol. The maximum atomic E-state index is 11.2. The van der Waals surface area contributed by atoms with Crippen LogP contribution in [0.2, 0.25) is 0 Å². The number of allylic oxidation sites excluding steroid dienone is 1. The van der Waals surface area contributed by atoms with Gasteiger partial charge in [-0.05, 0) is 6.08 Å². The number of hydrogen-bond donors (Lipinski definition) is 1. The second-order valence-corrected chi connectivity index (χ2v) is 3.18. The van der Waals surface area contributed by atoms with Crippen LogP contribution in [0, 0.1) is 0 Å². The van der Waals surface area contributed by atoms with Crippen LogP contribution in [0.4, 0.5) is 0 Å². The summed E-state index contributed by atoms with van der Waals surface area (Å²) in [6.07, 6.45) is 13.5. The van der Waals surface area contributed by atoms with Gasteiger partial charge in [-0.15, -0.1) is 0 Å². The Labute approximate surface area is 109 Å². The first-order valence-electron chi connectivity index (χ1n) is 5.29. The van der Waals surface area contributed by atoms with Gasteiger partial charge in [0.05, 0.1) is 12.5 Å².